The molecule has 0 saturated carbocycles. The van der Waals surface area contributed by atoms with Gasteiger partial charge in [-0.1, -0.05) is 18.2 Å². The zero-order chi connectivity index (χ0) is 20.7. The van der Waals surface area contributed by atoms with Crippen LogP contribution in [0.5, 0.6) is 0 Å². The van der Waals surface area contributed by atoms with E-state index in [2.05, 4.69) is 15.6 Å². The molecule has 0 aliphatic carbocycles. The standard InChI is InChI=1S/C18H22N4O6/c19-8-15(23)21-14(7-10-9-20-12-4-2-1-3-11(10)12)17(26)22-13(18(27)28)5-6-16(24)25/h1-4,9,13-14,20H,5-8,19H2,(H,21,23)(H,22,26)(H,24,25)(H,27,28). The fourth-order valence-electron chi connectivity index (χ4n) is 2.78. The number of nitrogens with two attached hydrogens (primary N) is 1. The third-order valence-corrected chi connectivity index (χ3v) is 4.20. The molecule has 0 aliphatic rings. The van der Waals surface area contributed by atoms with Crippen molar-refractivity contribution in [2.75, 3.05) is 6.54 Å². The number of carbonyl (C=O) groups excluding carboxylic acids is 2. The Balaban J connectivity index is 2.18. The monoisotopic (exact) mass is 390 g/mol. The highest BCUT2D eigenvalue weighted by Gasteiger charge is 2.27. The number of fused-ring (bicyclic) bond motifs is 1. The Morgan fingerprint density at radius 1 is 1.07 bits per heavy atom. The summed E-state index contributed by atoms with van der Waals surface area (Å²) < 4.78 is 0. The molecule has 2 rings (SSSR count). The van der Waals surface area contributed by atoms with Crippen LogP contribution < -0.4 is 16.4 Å². The van der Waals surface area contributed by atoms with Crippen LogP contribution in [0.4, 0.5) is 0 Å². The number of aliphatic carboxylic acids is 2. The van der Waals surface area contributed by atoms with Crippen LogP contribution in [0.3, 0.4) is 0 Å². The van der Waals surface area contributed by atoms with Gasteiger partial charge in [-0.05, 0) is 18.1 Å². The van der Waals surface area contributed by atoms with E-state index in [-0.39, 0.29) is 19.4 Å². The zero-order valence-electron chi connectivity index (χ0n) is 15.0. The number of hydrogen-bond acceptors (Lipinski definition) is 5. The first-order valence-corrected chi connectivity index (χ1v) is 8.61. The molecule has 2 amide bonds. The second-order valence-electron chi connectivity index (χ2n) is 6.22. The molecule has 0 aliphatic heterocycles. The summed E-state index contributed by atoms with van der Waals surface area (Å²) in [6.07, 6.45) is 1.12. The second kappa shape index (κ2) is 9.51. The topological polar surface area (TPSA) is 175 Å². The van der Waals surface area contributed by atoms with Crippen LogP contribution in [-0.2, 0) is 25.6 Å². The van der Waals surface area contributed by atoms with E-state index in [1.54, 1.807) is 6.20 Å². The molecule has 7 N–H and O–H groups in total. The summed E-state index contributed by atoms with van der Waals surface area (Å²) in [4.78, 5) is 49.4. The molecule has 1 heterocycles. The highest BCUT2D eigenvalue weighted by atomic mass is 16.4. The molecule has 150 valence electrons. The molecule has 28 heavy (non-hydrogen) atoms. The lowest BCUT2D eigenvalue weighted by Crippen LogP contribution is -2.53. The SMILES string of the molecule is NCC(=O)NC(Cc1c[nH]c2ccccc12)C(=O)NC(CCC(=O)O)C(=O)O. The van der Waals surface area contributed by atoms with Gasteiger partial charge in [0.05, 0.1) is 6.54 Å². The minimum Gasteiger partial charge on any atom is -0.481 e. The molecule has 0 fully saturated rings. The molecular weight excluding hydrogens is 368 g/mol. The number of aromatic nitrogens is 1. The van der Waals surface area contributed by atoms with Crippen molar-refractivity contribution in [2.45, 2.75) is 31.3 Å². The maximum Gasteiger partial charge on any atom is 0.326 e. The maximum atomic E-state index is 12.6. The van der Waals surface area contributed by atoms with Crippen LogP contribution in [0.1, 0.15) is 18.4 Å². The van der Waals surface area contributed by atoms with E-state index in [1.165, 1.54) is 0 Å². The van der Waals surface area contributed by atoms with Gasteiger partial charge in [0, 0.05) is 29.9 Å². The Labute approximate surface area is 160 Å². The molecule has 1 aromatic heterocycles. The van der Waals surface area contributed by atoms with Crippen molar-refractivity contribution in [1.29, 1.82) is 0 Å². The molecule has 2 atom stereocenters. The number of hydrogen-bond donors (Lipinski definition) is 6. The van der Waals surface area contributed by atoms with E-state index < -0.39 is 42.3 Å². The van der Waals surface area contributed by atoms with Gasteiger partial charge in [0.25, 0.3) is 0 Å². The van der Waals surface area contributed by atoms with Gasteiger partial charge in [0.2, 0.25) is 11.8 Å². The van der Waals surface area contributed by atoms with Gasteiger partial charge in [0.15, 0.2) is 0 Å². The van der Waals surface area contributed by atoms with Crippen molar-refractivity contribution in [3.63, 3.8) is 0 Å². The number of nitrogens with one attached hydrogen (secondary N) is 3. The Kier molecular flexibility index (Phi) is 7.10. The molecular formula is C18H22N4O6. The Morgan fingerprint density at radius 3 is 2.43 bits per heavy atom. The first-order chi connectivity index (χ1) is 13.3. The van der Waals surface area contributed by atoms with E-state index in [0.717, 1.165) is 16.5 Å². The Hall–Kier alpha value is -3.40. The van der Waals surface area contributed by atoms with E-state index in [1.807, 2.05) is 24.3 Å². The van der Waals surface area contributed by atoms with Crippen molar-refractivity contribution in [1.82, 2.24) is 15.6 Å². The number of aromatic amines is 1. The molecule has 10 heteroatoms. The van der Waals surface area contributed by atoms with Crippen molar-refractivity contribution < 1.29 is 29.4 Å². The van der Waals surface area contributed by atoms with Crippen molar-refractivity contribution in [3.05, 3.63) is 36.0 Å². The summed E-state index contributed by atoms with van der Waals surface area (Å²) in [5, 5.41) is 23.6. The average Bonchev–Trinajstić information content (AvgIpc) is 3.06. The third-order valence-electron chi connectivity index (χ3n) is 4.20. The van der Waals surface area contributed by atoms with E-state index in [4.69, 9.17) is 10.8 Å². The smallest absolute Gasteiger partial charge is 0.326 e. The van der Waals surface area contributed by atoms with Crippen LogP contribution in [0, 0.1) is 0 Å². The molecule has 0 saturated heterocycles. The predicted molar refractivity (Wildman–Crippen MR) is 99.4 cm³/mol. The normalized spacial score (nSPS) is 12.9. The van der Waals surface area contributed by atoms with Gasteiger partial charge in [0.1, 0.15) is 12.1 Å². The zero-order valence-corrected chi connectivity index (χ0v) is 15.0. The van der Waals surface area contributed by atoms with Gasteiger partial charge in [-0.15, -0.1) is 0 Å². The molecule has 0 radical (unpaired) electrons. The van der Waals surface area contributed by atoms with E-state index in [9.17, 15) is 24.3 Å². The fourth-order valence-corrected chi connectivity index (χ4v) is 2.78. The number of carbonyl (C=O) groups is 4. The average molecular weight is 390 g/mol. The first-order valence-electron chi connectivity index (χ1n) is 8.61. The predicted octanol–water partition coefficient (Wildman–Crippen LogP) is -0.412. The lowest BCUT2D eigenvalue weighted by molar-refractivity contribution is -0.143. The summed E-state index contributed by atoms with van der Waals surface area (Å²) in [6, 6.07) is 4.94. The lowest BCUT2D eigenvalue weighted by Gasteiger charge is -2.21. The summed E-state index contributed by atoms with van der Waals surface area (Å²) in [6.45, 7) is -0.334. The number of benzene rings is 1. The van der Waals surface area contributed by atoms with Crippen molar-refractivity contribution in [3.8, 4) is 0 Å². The van der Waals surface area contributed by atoms with Crippen LogP contribution >= 0.6 is 0 Å². The number of rotatable bonds is 10. The number of amides is 2. The second-order valence-corrected chi connectivity index (χ2v) is 6.22. The van der Waals surface area contributed by atoms with Crippen molar-refractivity contribution in [2.24, 2.45) is 5.73 Å². The quantitative estimate of drug-likeness (QED) is 0.319. The third kappa shape index (κ3) is 5.55. The van der Waals surface area contributed by atoms with Crippen LogP contribution in [-0.4, -0.2) is 57.6 Å². The number of carboxylic acid groups (broad SMARTS) is 2. The van der Waals surface area contributed by atoms with Gasteiger partial charge >= 0.3 is 11.9 Å². The van der Waals surface area contributed by atoms with E-state index >= 15 is 0 Å². The van der Waals surface area contributed by atoms with Crippen LogP contribution in [0.15, 0.2) is 30.5 Å². The Morgan fingerprint density at radius 2 is 1.79 bits per heavy atom. The Bertz CT molecular complexity index is 878. The van der Waals surface area contributed by atoms with Gasteiger partial charge in [-0.25, -0.2) is 4.79 Å². The fraction of sp³-hybridized carbons (Fsp3) is 0.333. The highest BCUT2D eigenvalue weighted by molar-refractivity contribution is 5.92. The molecule has 2 unspecified atom stereocenters. The molecule has 10 nitrogen and oxygen atoms in total. The van der Waals surface area contributed by atoms with Gasteiger partial charge in [-0.3, -0.25) is 14.4 Å². The molecule has 2 aromatic rings. The van der Waals surface area contributed by atoms with Gasteiger partial charge in [-0.2, -0.15) is 0 Å². The van der Waals surface area contributed by atoms with Crippen molar-refractivity contribution >= 4 is 34.7 Å². The summed E-state index contributed by atoms with van der Waals surface area (Å²) in [7, 11) is 0. The molecule has 1 aromatic carbocycles. The number of carboxylic acids is 2. The minimum absolute atomic E-state index is 0.104. The van der Waals surface area contributed by atoms with Gasteiger partial charge < -0.3 is 31.6 Å². The number of para-hydroxylation sites is 1. The largest absolute Gasteiger partial charge is 0.481 e. The summed E-state index contributed by atoms with van der Waals surface area (Å²) in [5.74, 6) is -3.83. The van der Waals surface area contributed by atoms with Crippen LogP contribution in [0.2, 0.25) is 0 Å². The maximum absolute atomic E-state index is 12.6. The summed E-state index contributed by atoms with van der Waals surface area (Å²) >= 11 is 0. The summed E-state index contributed by atoms with van der Waals surface area (Å²) in [5.41, 5.74) is 6.91. The molecule has 0 bridgehead atoms. The lowest BCUT2D eigenvalue weighted by atomic mass is 10.0. The minimum atomic E-state index is -1.39. The van der Waals surface area contributed by atoms with E-state index in [0.29, 0.717) is 0 Å². The first kappa shape index (κ1) is 20.9. The molecule has 0 spiro atoms. The number of H-pyrrole nitrogens is 1. The van der Waals surface area contributed by atoms with Crippen LogP contribution in [0.25, 0.3) is 10.9 Å². The highest BCUT2D eigenvalue weighted by Crippen LogP contribution is 2.19.